The normalized spacial score (nSPS) is 19.6. The number of likely N-dealkylation sites (N-methyl/N-ethyl adjacent to an activating group) is 1. The highest BCUT2D eigenvalue weighted by molar-refractivity contribution is 5.78. The molecule has 1 aliphatic rings. The summed E-state index contributed by atoms with van der Waals surface area (Å²) in [5, 5.41) is 9.31. The number of carbonyl (C=O) groups is 1. The van der Waals surface area contributed by atoms with Gasteiger partial charge in [-0.25, -0.2) is 4.98 Å². The van der Waals surface area contributed by atoms with E-state index in [9.17, 15) is 4.79 Å². The molecule has 1 saturated carbocycles. The van der Waals surface area contributed by atoms with E-state index in [4.69, 9.17) is 5.73 Å². The van der Waals surface area contributed by atoms with E-state index >= 15 is 0 Å². The van der Waals surface area contributed by atoms with Crippen molar-refractivity contribution >= 4 is 23.4 Å². The SMILES string of the molecule is CNC(=O)Cc1cccc(Nc2nccc(NC3CCC(N)CC3)n2)c1. The summed E-state index contributed by atoms with van der Waals surface area (Å²) in [4.78, 5) is 20.4. The molecule has 5 N–H and O–H groups in total. The van der Waals surface area contributed by atoms with Gasteiger partial charge in [-0.1, -0.05) is 12.1 Å². The average molecular weight is 354 g/mol. The summed E-state index contributed by atoms with van der Waals surface area (Å²) in [7, 11) is 1.64. The van der Waals surface area contributed by atoms with Gasteiger partial charge >= 0.3 is 0 Å². The van der Waals surface area contributed by atoms with Gasteiger partial charge in [0.1, 0.15) is 5.82 Å². The quantitative estimate of drug-likeness (QED) is 0.634. The summed E-state index contributed by atoms with van der Waals surface area (Å²) < 4.78 is 0. The lowest BCUT2D eigenvalue weighted by Crippen LogP contribution is -2.33. The molecule has 1 aromatic carbocycles. The summed E-state index contributed by atoms with van der Waals surface area (Å²) in [6.45, 7) is 0. The zero-order valence-corrected chi connectivity index (χ0v) is 15.0. The van der Waals surface area contributed by atoms with Crippen LogP contribution in [0.25, 0.3) is 0 Å². The Morgan fingerprint density at radius 2 is 2.04 bits per heavy atom. The van der Waals surface area contributed by atoms with Gasteiger partial charge in [-0.3, -0.25) is 4.79 Å². The molecule has 0 spiro atoms. The Bertz CT molecular complexity index is 742. The maximum absolute atomic E-state index is 11.5. The zero-order valence-electron chi connectivity index (χ0n) is 15.0. The average Bonchev–Trinajstić information content (AvgIpc) is 2.64. The first-order valence-corrected chi connectivity index (χ1v) is 9.04. The van der Waals surface area contributed by atoms with Crippen molar-refractivity contribution in [3.63, 3.8) is 0 Å². The number of amides is 1. The number of nitrogens with two attached hydrogens (primary N) is 1. The van der Waals surface area contributed by atoms with Crippen molar-refractivity contribution in [3.8, 4) is 0 Å². The fourth-order valence-corrected chi connectivity index (χ4v) is 3.13. The van der Waals surface area contributed by atoms with Crippen molar-refractivity contribution in [3.05, 3.63) is 42.1 Å². The molecule has 3 rings (SSSR count). The molecule has 1 aromatic heterocycles. The second-order valence-electron chi connectivity index (χ2n) is 6.70. The number of carbonyl (C=O) groups excluding carboxylic acids is 1. The largest absolute Gasteiger partial charge is 0.367 e. The standard InChI is InChI=1S/C19H26N6O/c1-21-18(26)12-13-3-2-4-16(11-13)24-19-22-10-9-17(25-19)23-15-7-5-14(20)6-8-15/h2-4,9-11,14-15H,5-8,12,20H2,1H3,(H,21,26)(H2,22,23,24,25). The monoisotopic (exact) mass is 354 g/mol. The zero-order chi connectivity index (χ0) is 18.4. The first kappa shape index (κ1) is 18.1. The molecule has 0 saturated heterocycles. The van der Waals surface area contributed by atoms with Gasteiger partial charge in [-0.2, -0.15) is 4.98 Å². The second-order valence-corrected chi connectivity index (χ2v) is 6.70. The van der Waals surface area contributed by atoms with Gasteiger partial charge < -0.3 is 21.7 Å². The number of benzene rings is 1. The van der Waals surface area contributed by atoms with E-state index in [0.717, 1.165) is 42.8 Å². The Kier molecular flexibility index (Phi) is 6.01. The van der Waals surface area contributed by atoms with Crippen molar-refractivity contribution in [1.82, 2.24) is 15.3 Å². The number of hydrogen-bond acceptors (Lipinski definition) is 6. The Morgan fingerprint density at radius 1 is 1.23 bits per heavy atom. The highest BCUT2D eigenvalue weighted by Crippen LogP contribution is 2.21. The van der Waals surface area contributed by atoms with E-state index < -0.39 is 0 Å². The summed E-state index contributed by atoms with van der Waals surface area (Å²) in [6.07, 6.45) is 6.31. The number of rotatable bonds is 6. The summed E-state index contributed by atoms with van der Waals surface area (Å²) >= 11 is 0. The van der Waals surface area contributed by atoms with Gasteiger partial charge in [0.15, 0.2) is 0 Å². The van der Waals surface area contributed by atoms with Crippen LogP contribution in [0, 0.1) is 0 Å². The minimum atomic E-state index is -0.0169. The molecule has 0 radical (unpaired) electrons. The Hall–Kier alpha value is -2.67. The predicted molar refractivity (Wildman–Crippen MR) is 103 cm³/mol. The highest BCUT2D eigenvalue weighted by Gasteiger charge is 2.18. The van der Waals surface area contributed by atoms with Gasteiger partial charge in [-0.15, -0.1) is 0 Å². The molecule has 2 aromatic rings. The number of hydrogen-bond donors (Lipinski definition) is 4. The number of nitrogens with zero attached hydrogens (tertiary/aromatic N) is 2. The molecule has 7 nitrogen and oxygen atoms in total. The lowest BCUT2D eigenvalue weighted by atomic mass is 9.92. The fourth-order valence-electron chi connectivity index (χ4n) is 3.13. The smallest absolute Gasteiger partial charge is 0.229 e. The molecule has 138 valence electrons. The number of aromatic nitrogens is 2. The summed E-state index contributed by atoms with van der Waals surface area (Å²) in [6, 6.07) is 10.3. The van der Waals surface area contributed by atoms with Gasteiger partial charge in [0.2, 0.25) is 11.9 Å². The minimum Gasteiger partial charge on any atom is -0.367 e. The van der Waals surface area contributed by atoms with E-state index in [-0.39, 0.29) is 5.91 Å². The molecule has 7 heteroatoms. The van der Waals surface area contributed by atoms with Crippen LogP contribution in [0.15, 0.2) is 36.5 Å². The van der Waals surface area contributed by atoms with Gasteiger partial charge in [-0.05, 0) is 49.4 Å². The minimum absolute atomic E-state index is 0.0169. The summed E-state index contributed by atoms with van der Waals surface area (Å²) in [5.41, 5.74) is 7.75. The third kappa shape index (κ3) is 5.16. The van der Waals surface area contributed by atoms with Crippen LogP contribution < -0.4 is 21.7 Å². The number of nitrogens with one attached hydrogen (secondary N) is 3. The first-order valence-electron chi connectivity index (χ1n) is 9.04. The van der Waals surface area contributed by atoms with Crippen molar-refractivity contribution in [2.75, 3.05) is 17.7 Å². The fraction of sp³-hybridized carbons (Fsp3) is 0.421. The third-order valence-corrected chi connectivity index (χ3v) is 4.61. The predicted octanol–water partition coefficient (Wildman–Crippen LogP) is 2.19. The maximum atomic E-state index is 11.5. The van der Waals surface area contributed by atoms with E-state index in [1.54, 1.807) is 13.2 Å². The van der Waals surface area contributed by atoms with Crippen LogP contribution in [0.3, 0.4) is 0 Å². The molecule has 0 unspecified atom stereocenters. The first-order chi connectivity index (χ1) is 12.6. The van der Waals surface area contributed by atoms with Crippen LogP contribution in [0.5, 0.6) is 0 Å². The van der Waals surface area contributed by atoms with Crippen molar-refractivity contribution < 1.29 is 4.79 Å². The molecule has 1 heterocycles. The molecular formula is C19H26N6O. The molecule has 0 bridgehead atoms. The number of anilines is 3. The Morgan fingerprint density at radius 3 is 2.81 bits per heavy atom. The Balaban J connectivity index is 1.63. The molecule has 0 aliphatic heterocycles. The maximum Gasteiger partial charge on any atom is 0.229 e. The van der Waals surface area contributed by atoms with Crippen LogP contribution in [0.4, 0.5) is 17.5 Å². The van der Waals surface area contributed by atoms with E-state index in [2.05, 4.69) is 25.9 Å². The van der Waals surface area contributed by atoms with E-state index in [0.29, 0.717) is 24.5 Å². The van der Waals surface area contributed by atoms with Crippen molar-refractivity contribution in [2.24, 2.45) is 5.73 Å². The second kappa shape index (κ2) is 8.62. The lowest BCUT2D eigenvalue weighted by molar-refractivity contribution is -0.119. The van der Waals surface area contributed by atoms with Crippen LogP contribution in [-0.2, 0) is 11.2 Å². The van der Waals surface area contributed by atoms with Crippen LogP contribution in [-0.4, -0.2) is 35.0 Å². The van der Waals surface area contributed by atoms with Crippen molar-refractivity contribution in [1.29, 1.82) is 0 Å². The molecule has 1 amide bonds. The van der Waals surface area contributed by atoms with E-state index in [1.165, 1.54) is 0 Å². The van der Waals surface area contributed by atoms with Gasteiger partial charge in [0, 0.05) is 31.0 Å². The lowest BCUT2D eigenvalue weighted by Gasteiger charge is -2.27. The third-order valence-electron chi connectivity index (χ3n) is 4.61. The van der Waals surface area contributed by atoms with Crippen LogP contribution >= 0.6 is 0 Å². The molecule has 0 atom stereocenters. The van der Waals surface area contributed by atoms with Crippen LogP contribution in [0.2, 0.25) is 0 Å². The molecule has 1 aliphatic carbocycles. The summed E-state index contributed by atoms with van der Waals surface area (Å²) in [5.74, 6) is 1.32. The van der Waals surface area contributed by atoms with E-state index in [1.807, 2.05) is 30.3 Å². The molecule has 26 heavy (non-hydrogen) atoms. The molecule has 1 fully saturated rings. The van der Waals surface area contributed by atoms with Gasteiger partial charge in [0.05, 0.1) is 6.42 Å². The van der Waals surface area contributed by atoms with Crippen molar-refractivity contribution in [2.45, 2.75) is 44.2 Å². The van der Waals surface area contributed by atoms with Gasteiger partial charge in [0.25, 0.3) is 0 Å². The topological polar surface area (TPSA) is 105 Å². The molecular weight excluding hydrogens is 328 g/mol. The highest BCUT2D eigenvalue weighted by atomic mass is 16.1. The Labute approximate surface area is 153 Å². The van der Waals surface area contributed by atoms with Crippen LogP contribution in [0.1, 0.15) is 31.2 Å².